The highest BCUT2D eigenvalue weighted by atomic mass is 35.5. The van der Waals surface area contributed by atoms with Crippen molar-refractivity contribution in [3.05, 3.63) is 69.5 Å². The Kier molecular flexibility index (Phi) is 5.08. The van der Waals surface area contributed by atoms with Crippen molar-refractivity contribution in [2.24, 2.45) is 0 Å². The van der Waals surface area contributed by atoms with Gasteiger partial charge in [0.25, 0.3) is 0 Å². The second-order valence-electron chi connectivity index (χ2n) is 6.33. The van der Waals surface area contributed by atoms with Gasteiger partial charge in [0.05, 0.1) is 11.2 Å². The van der Waals surface area contributed by atoms with Crippen molar-refractivity contribution in [2.45, 2.75) is 13.5 Å². The molecule has 0 aliphatic rings. The first-order valence-electron chi connectivity index (χ1n) is 8.57. The SMILES string of the molecule is Cc1cnc(N(c2cc(F)cc(Cl)c2)C(F)F)nc1Nc1ccc2oc(=O)[nH]c2c1. The molecule has 2 N–H and O–H groups in total. The smallest absolute Gasteiger partial charge is 0.408 e. The minimum absolute atomic E-state index is 0.0384. The number of hydrogen-bond acceptors (Lipinski definition) is 6. The molecule has 4 aromatic rings. The fourth-order valence-electron chi connectivity index (χ4n) is 2.84. The van der Waals surface area contributed by atoms with Gasteiger partial charge in [-0.3, -0.25) is 9.88 Å². The van der Waals surface area contributed by atoms with Gasteiger partial charge < -0.3 is 9.73 Å². The Morgan fingerprint density at radius 3 is 2.77 bits per heavy atom. The topological polar surface area (TPSA) is 87.1 Å². The minimum atomic E-state index is -3.05. The Morgan fingerprint density at radius 2 is 2.03 bits per heavy atom. The van der Waals surface area contributed by atoms with Crippen LogP contribution in [-0.4, -0.2) is 21.5 Å². The van der Waals surface area contributed by atoms with Crippen LogP contribution in [0, 0.1) is 12.7 Å². The van der Waals surface area contributed by atoms with Gasteiger partial charge in [-0.15, -0.1) is 0 Å². The Balaban J connectivity index is 1.72. The lowest BCUT2D eigenvalue weighted by molar-refractivity contribution is 0.154. The molecule has 0 spiro atoms. The van der Waals surface area contributed by atoms with E-state index in [0.29, 0.717) is 27.3 Å². The van der Waals surface area contributed by atoms with Crippen molar-refractivity contribution in [2.75, 3.05) is 10.2 Å². The molecule has 0 radical (unpaired) electrons. The van der Waals surface area contributed by atoms with E-state index in [1.807, 2.05) is 0 Å². The molecule has 30 heavy (non-hydrogen) atoms. The number of aryl methyl sites for hydroxylation is 1. The summed E-state index contributed by atoms with van der Waals surface area (Å²) in [6.07, 6.45) is 1.36. The molecular weight excluding hydrogens is 423 g/mol. The summed E-state index contributed by atoms with van der Waals surface area (Å²) >= 11 is 5.80. The summed E-state index contributed by atoms with van der Waals surface area (Å²) in [7, 11) is 0. The van der Waals surface area contributed by atoms with Crippen LogP contribution in [0.15, 0.2) is 51.8 Å². The lowest BCUT2D eigenvalue weighted by Crippen LogP contribution is -2.25. The number of benzene rings is 2. The van der Waals surface area contributed by atoms with Crippen molar-refractivity contribution in [1.29, 1.82) is 0 Å². The third-order valence-electron chi connectivity index (χ3n) is 4.18. The van der Waals surface area contributed by atoms with Crippen molar-refractivity contribution >= 4 is 45.8 Å². The Bertz CT molecular complexity index is 1270. The van der Waals surface area contributed by atoms with Crippen LogP contribution in [0.4, 0.5) is 36.3 Å². The van der Waals surface area contributed by atoms with Crippen molar-refractivity contribution < 1.29 is 17.6 Å². The molecule has 0 amide bonds. The van der Waals surface area contributed by atoms with E-state index in [2.05, 4.69) is 20.3 Å². The monoisotopic (exact) mass is 435 g/mol. The molecule has 0 aliphatic heterocycles. The average Bonchev–Trinajstić information content (AvgIpc) is 3.02. The van der Waals surface area contributed by atoms with Crippen LogP contribution in [0.25, 0.3) is 11.1 Å². The lowest BCUT2D eigenvalue weighted by atomic mass is 10.2. The summed E-state index contributed by atoms with van der Waals surface area (Å²) in [5.41, 5.74) is 1.75. The predicted octanol–water partition coefficient (Wildman–Crippen LogP) is 5.12. The molecule has 4 rings (SSSR count). The third kappa shape index (κ3) is 3.94. The van der Waals surface area contributed by atoms with E-state index in [9.17, 15) is 18.0 Å². The van der Waals surface area contributed by atoms with E-state index in [1.54, 1.807) is 25.1 Å². The van der Waals surface area contributed by atoms with Crippen LogP contribution in [0.3, 0.4) is 0 Å². The first-order valence-corrected chi connectivity index (χ1v) is 8.95. The van der Waals surface area contributed by atoms with Gasteiger partial charge in [0, 0.05) is 22.5 Å². The van der Waals surface area contributed by atoms with Crippen molar-refractivity contribution in [3.8, 4) is 0 Å². The third-order valence-corrected chi connectivity index (χ3v) is 4.40. The van der Waals surface area contributed by atoms with Gasteiger partial charge in [-0.25, -0.2) is 14.2 Å². The summed E-state index contributed by atoms with van der Waals surface area (Å²) < 4.78 is 46.2. The Morgan fingerprint density at radius 1 is 1.23 bits per heavy atom. The summed E-state index contributed by atoms with van der Waals surface area (Å²) in [5, 5.41) is 2.96. The highest BCUT2D eigenvalue weighted by Gasteiger charge is 2.24. The summed E-state index contributed by atoms with van der Waals surface area (Å²) in [5.74, 6) is -1.46. The number of aromatic amines is 1. The number of anilines is 4. The molecule has 11 heteroatoms. The number of halogens is 4. The first kappa shape index (κ1) is 19.8. The van der Waals surface area contributed by atoms with E-state index in [1.165, 1.54) is 12.3 Å². The first-order chi connectivity index (χ1) is 14.3. The van der Waals surface area contributed by atoms with Gasteiger partial charge in [-0.2, -0.15) is 13.8 Å². The number of H-pyrrole nitrogens is 1. The molecule has 0 saturated heterocycles. The number of alkyl halides is 2. The molecule has 154 valence electrons. The van der Waals surface area contributed by atoms with E-state index in [-0.39, 0.29) is 22.5 Å². The molecule has 0 fully saturated rings. The molecule has 2 aromatic heterocycles. The maximum atomic E-state index is 13.8. The van der Waals surface area contributed by atoms with Crippen LogP contribution < -0.4 is 16.0 Å². The zero-order valence-electron chi connectivity index (χ0n) is 15.3. The van der Waals surface area contributed by atoms with Gasteiger partial charge >= 0.3 is 12.3 Å². The highest BCUT2D eigenvalue weighted by Crippen LogP contribution is 2.31. The summed E-state index contributed by atoms with van der Waals surface area (Å²) in [6.45, 7) is -1.36. The molecule has 0 bridgehead atoms. The van der Waals surface area contributed by atoms with E-state index in [0.717, 1.165) is 12.1 Å². The highest BCUT2D eigenvalue weighted by molar-refractivity contribution is 6.30. The summed E-state index contributed by atoms with van der Waals surface area (Å²) in [4.78, 5) is 22.4. The van der Waals surface area contributed by atoms with Crippen molar-refractivity contribution in [1.82, 2.24) is 15.0 Å². The maximum Gasteiger partial charge on any atom is 0.417 e. The Hall–Kier alpha value is -3.53. The zero-order chi connectivity index (χ0) is 21.4. The van der Waals surface area contributed by atoms with Crippen LogP contribution >= 0.6 is 11.6 Å². The largest absolute Gasteiger partial charge is 0.417 e. The molecule has 2 aromatic carbocycles. The number of nitrogens with one attached hydrogen (secondary N) is 2. The second-order valence-corrected chi connectivity index (χ2v) is 6.76. The molecule has 0 unspecified atom stereocenters. The fraction of sp³-hybridized carbons (Fsp3) is 0.105. The van der Waals surface area contributed by atoms with E-state index >= 15 is 0 Å². The number of nitrogens with zero attached hydrogens (tertiary/aromatic N) is 3. The van der Waals surface area contributed by atoms with Gasteiger partial charge in [0.1, 0.15) is 11.6 Å². The average molecular weight is 436 g/mol. The number of hydrogen-bond donors (Lipinski definition) is 2. The van der Waals surface area contributed by atoms with Crippen LogP contribution in [0.1, 0.15) is 5.56 Å². The number of oxazole rings is 1. The lowest BCUT2D eigenvalue weighted by Gasteiger charge is -2.23. The minimum Gasteiger partial charge on any atom is -0.408 e. The molecule has 2 heterocycles. The molecule has 0 aliphatic carbocycles. The number of rotatable bonds is 5. The van der Waals surface area contributed by atoms with Crippen LogP contribution in [0.5, 0.6) is 0 Å². The predicted molar refractivity (Wildman–Crippen MR) is 106 cm³/mol. The maximum absolute atomic E-state index is 13.8. The molecular formula is C19H13ClF3N5O2. The van der Waals surface area contributed by atoms with Gasteiger partial charge in [-0.1, -0.05) is 11.6 Å². The Labute approximate surface area is 172 Å². The number of aromatic nitrogens is 3. The standard InChI is InChI=1S/C19H13ClF3N5O2/c1-9-8-24-18(28(17(22)23)13-5-10(20)4-11(21)6-13)27-16(9)25-12-2-3-15-14(7-12)26-19(29)30-15/h2-8,17H,1H3,(H,26,29)(H,24,25,27). The summed E-state index contributed by atoms with van der Waals surface area (Å²) in [6, 6.07) is 7.94. The van der Waals surface area contributed by atoms with Crippen LogP contribution in [0.2, 0.25) is 5.02 Å². The van der Waals surface area contributed by atoms with Crippen molar-refractivity contribution in [3.63, 3.8) is 0 Å². The zero-order valence-corrected chi connectivity index (χ0v) is 16.0. The quantitative estimate of drug-likeness (QED) is 0.423. The normalized spacial score (nSPS) is 11.3. The fourth-order valence-corrected chi connectivity index (χ4v) is 3.05. The van der Waals surface area contributed by atoms with E-state index < -0.39 is 18.1 Å². The van der Waals surface area contributed by atoms with Gasteiger partial charge in [-0.05, 0) is 43.3 Å². The second kappa shape index (κ2) is 7.71. The molecule has 0 saturated carbocycles. The number of fused-ring (bicyclic) bond motifs is 1. The van der Waals surface area contributed by atoms with Crippen LogP contribution in [-0.2, 0) is 0 Å². The van der Waals surface area contributed by atoms with Gasteiger partial charge in [0.15, 0.2) is 5.58 Å². The molecule has 7 nitrogen and oxygen atoms in total. The van der Waals surface area contributed by atoms with Gasteiger partial charge in [0.2, 0.25) is 5.95 Å². The van der Waals surface area contributed by atoms with E-state index in [4.69, 9.17) is 16.0 Å². The molecule has 0 atom stereocenters.